The van der Waals surface area contributed by atoms with Crippen LogP contribution in [-0.4, -0.2) is 70.1 Å². The predicted octanol–water partition coefficient (Wildman–Crippen LogP) is 1.54. The molecule has 0 bridgehead atoms. The first-order chi connectivity index (χ1) is 13.8. The number of carbonyl (C=O) groups excluding carboxylic acids is 2. The quantitative estimate of drug-likeness (QED) is 0.595. The first-order valence-corrected chi connectivity index (χ1v) is 10.6. The van der Waals surface area contributed by atoms with Gasteiger partial charge in [0.1, 0.15) is 0 Å². The topological polar surface area (TPSA) is 79.3 Å². The highest BCUT2D eigenvalue weighted by molar-refractivity contribution is 6.08. The van der Waals surface area contributed by atoms with Crippen LogP contribution in [0.1, 0.15) is 39.2 Å². The maximum atomic E-state index is 13.7. The molecule has 29 heavy (non-hydrogen) atoms. The van der Waals surface area contributed by atoms with Crippen LogP contribution in [0, 0.1) is 5.92 Å². The Bertz CT molecular complexity index is 785. The first kappa shape index (κ1) is 20.3. The number of esters is 1. The van der Waals surface area contributed by atoms with E-state index in [-0.39, 0.29) is 18.7 Å². The Balaban J connectivity index is 1.76. The van der Waals surface area contributed by atoms with Gasteiger partial charge >= 0.3 is 5.97 Å². The van der Waals surface area contributed by atoms with Crippen molar-refractivity contribution in [3.8, 4) is 0 Å². The number of hydrogen-bond acceptors (Lipinski definition) is 6. The van der Waals surface area contributed by atoms with Crippen molar-refractivity contribution in [1.29, 1.82) is 0 Å². The van der Waals surface area contributed by atoms with E-state index in [4.69, 9.17) is 9.47 Å². The molecule has 1 N–H and O–H groups in total. The highest BCUT2D eigenvalue weighted by atomic mass is 16.7. The van der Waals surface area contributed by atoms with E-state index in [1.165, 1.54) is 4.90 Å². The Hall–Kier alpha value is -1.96. The molecule has 158 valence electrons. The van der Waals surface area contributed by atoms with Crippen molar-refractivity contribution in [1.82, 2.24) is 9.80 Å². The molecule has 1 amide bonds. The Morgan fingerprint density at radius 3 is 2.72 bits per heavy atom. The van der Waals surface area contributed by atoms with E-state index in [0.29, 0.717) is 13.0 Å². The van der Waals surface area contributed by atoms with Crippen molar-refractivity contribution >= 4 is 11.9 Å². The fraction of sp³-hybridized carbons (Fsp3) is 0.636. The van der Waals surface area contributed by atoms with Crippen molar-refractivity contribution in [3.05, 3.63) is 35.9 Å². The molecular weight excluding hydrogens is 372 g/mol. The molecule has 0 aromatic heterocycles. The number of carbonyl (C=O) groups is 2. The molecule has 7 nitrogen and oxygen atoms in total. The van der Waals surface area contributed by atoms with Crippen molar-refractivity contribution < 1.29 is 24.2 Å². The smallest absolute Gasteiger partial charge is 0.348 e. The monoisotopic (exact) mass is 402 g/mol. The van der Waals surface area contributed by atoms with Crippen LogP contribution in [0.5, 0.6) is 0 Å². The third-order valence-electron chi connectivity index (χ3n) is 6.51. The predicted molar refractivity (Wildman–Crippen MR) is 106 cm³/mol. The molecule has 3 aliphatic heterocycles. The van der Waals surface area contributed by atoms with Crippen LogP contribution in [0.25, 0.3) is 0 Å². The Kier molecular flexibility index (Phi) is 5.17. The molecule has 3 heterocycles. The minimum atomic E-state index is -1.83. The van der Waals surface area contributed by atoms with E-state index < -0.39 is 29.3 Å². The van der Waals surface area contributed by atoms with Crippen molar-refractivity contribution in [3.63, 3.8) is 0 Å². The Morgan fingerprint density at radius 2 is 2.07 bits per heavy atom. The summed E-state index contributed by atoms with van der Waals surface area (Å²) in [6, 6.07) is 9.26. The van der Waals surface area contributed by atoms with Crippen molar-refractivity contribution in [2.75, 3.05) is 19.7 Å². The van der Waals surface area contributed by atoms with Crippen LogP contribution in [0.2, 0.25) is 0 Å². The van der Waals surface area contributed by atoms with Crippen LogP contribution < -0.4 is 0 Å². The zero-order valence-corrected chi connectivity index (χ0v) is 17.3. The summed E-state index contributed by atoms with van der Waals surface area (Å²) in [7, 11) is 0. The lowest BCUT2D eigenvalue weighted by molar-refractivity contribution is -0.323. The number of aliphatic hydroxyl groups is 1. The maximum absolute atomic E-state index is 13.7. The summed E-state index contributed by atoms with van der Waals surface area (Å²) in [4.78, 5) is 30.3. The normalized spacial score (nSPS) is 34.4. The Labute approximate surface area is 171 Å². The van der Waals surface area contributed by atoms with Crippen LogP contribution in [0.4, 0.5) is 0 Å². The van der Waals surface area contributed by atoms with Gasteiger partial charge in [-0.25, -0.2) is 4.79 Å². The molecule has 4 atom stereocenters. The molecule has 1 aromatic carbocycles. The average molecular weight is 402 g/mol. The molecule has 1 aromatic rings. The third-order valence-corrected chi connectivity index (χ3v) is 6.51. The summed E-state index contributed by atoms with van der Waals surface area (Å²) in [6.07, 6.45) is 2.22. The molecule has 0 aliphatic carbocycles. The number of hydrogen-bond donors (Lipinski definition) is 1. The number of ether oxygens (including phenoxy) is 2. The number of fused-ring (bicyclic) bond motifs is 3. The zero-order valence-electron chi connectivity index (χ0n) is 17.3. The van der Waals surface area contributed by atoms with Crippen LogP contribution in [0.15, 0.2) is 30.3 Å². The number of piperazine rings is 1. The Morgan fingerprint density at radius 1 is 1.34 bits per heavy atom. The zero-order chi connectivity index (χ0) is 20.8. The van der Waals surface area contributed by atoms with E-state index >= 15 is 0 Å². The largest absolute Gasteiger partial charge is 0.463 e. The van der Waals surface area contributed by atoms with E-state index in [9.17, 15) is 14.7 Å². The van der Waals surface area contributed by atoms with Gasteiger partial charge in [-0.2, -0.15) is 0 Å². The van der Waals surface area contributed by atoms with E-state index in [2.05, 4.69) is 4.90 Å². The van der Waals surface area contributed by atoms with Gasteiger partial charge < -0.3 is 14.6 Å². The molecule has 4 rings (SSSR count). The first-order valence-electron chi connectivity index (χ1n) is 10.6. The molecule has 3 saturated heterocycles. The number of rotatable bonds is 5. The molecular formula is C22H30N2O5. The fourth-order valence-corrected chi connectivity index (χ4v) is 5.14. The van der Waals surface area contributed by atoms with Gasteiger partial charge in [-0.3, -0.25) is 14.6 Å². The summed E-state index contributed by atoms with van der Waals surface area (Å²) in [6.45, 7) is 6.85. The van der Waals surface area contributed by atoms with Gasteiger partial charge in [0.25, 0.3) is 11.8 Å². The molecule has 0 saturated carbocycles. The summed E-state index contributed by atoms with van der Waals surface area (Å²) in [5.41, 5.74) is -0.748. The van der Waals surface area contributed by atoms with Crippen molar-refractivity contribution in [2.45, 2.75) is 63.6 Å². The molecule has 3 aliphatic rings. The lowest BCUT2D eigenvalue weighted by Gasteiger charge is -2.49. The molecule has 0 unspecified atom stereocenters. The lowest BCUT2D eigenvalue weighted by atomic mass is 9.88. The summed E-state index contributed by atoms with van der Waals surface area (Å²) in [5.74, 6) is -3.51. The highest BCUT2D eigenvalue weighted by Crippen LogP contribution is 2.48. The molecule has 0 radical (unpaired) electrons. The standard InChI is InChI=1S/C22H30N2O5/c1-4-28-20(26)21(15(2)3)19(25)24-17(13-16-9-6-5-7-10-16)14-23-12-8-11-18(23)22(24,27)29-21/h5-7,9-10,15,17-18,27H,4,8,11-14H2,1-3H3/t17-,18-,21+,22-/m0/s1. The van der Waals surface area contributed by atoms with Crippen LogP contribution >= 0.6 is 0 Å². The van der Waals surface area contributed by atoms with Gasteiger partial charge in [0.15, 0.2) is 0 Å². The van der Waals surface area contributed by atoms with Crippen LogP contribution in [-0.2, 0) is 25.5 Å². The van der Waals surface area contributed by atoms with Gasteiger partial charge in [0.05, 0.1) is 18.7 Å². The number of amides is 1. The summed E-state index contributed by atoms with van der Waals surface area (Å²) < 4.78 is 11.4. The van der Waals surface area contributed by atoms with E-state index in [0.717, 1.165) is 24.9 Å². The SMILES string of the molecule is CCOC(=O)[C@]1(C(C)C)O[C@@]2(O)[C@@H]3CCCN3C[C@H](Cc3ccccc3)N2C1=O. The van der Waals surface area contributed by atoms with Crippen molar-refractivity contribution in [2.24, 2.45) is 5.92 Å². The second-order valence-corrected chi connectivity index (χ2v) is 8.54. The number of nitrogens with zero attached hydrogens (tertiary/aromatic N) is 2. The molecule has 7 heteroatoms. The van der Waals surface area contributed by atoms with Crippen LogP contribution in [0.3, 0.4) is 0 Å². The summed E-state index contributed by atoms with van der Waals surface area (Å²) >= 11 is 0. The second kappa shape index (κ2) is 7.38. The lowest BCUT2D eigenvalue weighted by Crippen LogP contribution is -2.69. The average Bonchev–Trinajstić information content (AvgIpc) is 3.25. The van der Waals surface area contributed by atoms with E-state index in [1.807, 2.05) is 30.3 Å². The van der Waals surface area contributed by atoms with Gasteiger partial charge in [0.2, 0.25) is 5.60 Å². The fourth-order valence-electron chi connectivity index (χ4n) is 5.14. The minimum absolute atomic E-state index is 0.144. The molecule has 3 fully saturated rings. The third kappa shape index (κ3) is 2.98. The van der Waals surface area contributed by atoms with Gasteiger partial charge in [0, 0.05) is 12.5 Å². The second-order valence-electron chi connectivity index (χ2n) is 8.54. The van der Waals surface area contributed by atoms with Gasteiger partial charge in [-0.1, -0.05) is 44.2 Å². The molecule has 0 spiro atoms. The highest BCUT2D eigenvalue weighted by Gasteiger charge is 2.72. The van der Waals surface area contributed by atoms with E-state index in [1.54, 1.807) is 20.8 Å². The maximum Gasteiger partial charge on any atom is 0.348 e. The van der Waals surface area contributed by atoms with Gasteiger partial charge in [-0.15, -0.1) is 0 Å². The minimum Gasteiger partial charge on any atom is -0.463 e. The summed E-state index contributed by atoms with van der Waals surface area (Å²) in [5, 5.41) is 11.7. The number of benzene rings is 1. The van der Waals surface area contributed by atoms with Gasteiger partial charge in [-0.05, 0) is 38.3 Å².